The van der Waals surface area contributed by atoms with Crippen LogP contribution >= 0.6 is 12.2 Å². The molecule has 3 N–H and O–H groups in total. The van der Waals surface area contributed by atoms with Crippen LogP contribution in [0.5, 0.6) is 5.75 Å². The van der Waals surface area contributed by atoms with Crippen molar-refractivity contribution < 1.29 is 5.11 Å². The van der Waals surface area contributed by atoms with E-state index in [-0.39, 0.29) is 17.5 Å². The van der Waals surface area contributed by atoms with Gasteiger partial charge < -0.3 is 20.3 Å². The molecule has 1 aliphatic heterocycles. The standard InChI is InChI=1S/C19H20N4O2S/c24-17-8-4-2-6-15(17)21-19(26)22-11-9-13(10-12-22)23-16-7-3-1-5-14(16)20-18(23)25/h1-8,13,24H,9-12H2,(H,20,25)(H,21,26). The van der Waals surface area contributed by atoms with Gasteiger partial charge in [-0.05, 0) is 49.3 Å². The molecule has 134 valence electrons. The molecule has 1 aliphatic rings. The first-order valence-electron chi connectivity index (χ1n) is 8.66. The molecule has 0 unspecified atom stereocenters. The highest BCUT2D eigenvalue weighted by molar-refractivity contribution is 7.80. The van der Waals surface area contributed by atoms with E-state index in [1.165, 1.54) is 0 Å². The zero-order chi connectivity index (χ0) is 18.1. The Labute approximate surface area is 156 Å². The summed E-state index contributed by atoms with van der Waals surface area (Å²) in [5.74, 6) is 0.176. The number of nitrogens with one attached hydrogen (secondary N) is 2. The van der Waals surface area contributed by atoms with Crippen LogP contribution in [0.2, 0.25) is 0 Å². The molecule has 26 heavy (non-hydrogen) atoms. The smallest absolute Gasteiger partial charge is 0.326 e. The van der Waals surface area contributed by atoms with Crippen LogP contribution in [0.4, 0.5) is 5.69 Å². The van der Waals surface area contributed by atoms with Gasteiger partial charge in [0.1, 0.15) is 5.75 Å². The summed E-state index contributed by atoms with van der Waals surface area (Å²) in [5.41, 5.74) is 2.37. The summed E-state index contributed by atoms with van der Waals surface area (Å²) < 4.78 is 1.87. The number of aromatic amines is 1. The van der Waals surface area contributed by atoms with Crippen molar-refractivity contribution in [2.45, 2.75) is 18.9 Å². The van der Waals surface area contributed by atoms with Crippen molar-refractivity contribution in [1.29, 1.82) is 0 Å². The summed E-state index contributed by atoms with van der Waals surface area (Å²) in [5, 5.41) is 13.6. The van der Waals surface area contributed by atoms with Crippen LogP contribution in [0.1, 0.15) is 18.9 Å². The number of phenols is 1. The number of aromatic hydroxyl groups is 1. The summed E-state index contributed by atoms with van der Waals surface area (Å²) in [6.45, 7) is 1.52. The minimum atomic E-state index is -0.0560. The lowest BCUT2D eigenvalue weighted by atomic mass is 10.0. The van der Waals surface area contributed by atoms with Crippen molar-refractivity contribution in [2.75, 3.05) is 18.4 Å². The number of H-pyrrole nitrogens is 1. The molecule has 0 aliphatic carbocycles. The summed E-state index contributed by atoms with van der Waals surface area (Å²) in [6.07, 6.45) is 1.68. The van der Waals surface area contributed by atoms with E-state index in [0.29, 0.717) is 10.8 Å². The number of para-hydroxylation sites is 4. The first-order chi connectivity index (χ1) is 12.6. The number of nitrogens with zero attached hydrogens (tertiary/aromatic N) is 2. The number of rotatable bonds is 2. The summed E-state index contributed by atoms with van der Waals surface area (Å²) >= 11 is 5.49. The fourth-order valence-corrected chi connectivity index (χ4v) is 3.83. The van der Waals surface area contributed by atoms with Crippen molar-refractivity contribution in [3.63, 3.8) is 0 Å². The predicted molar refractivity (Wildman–Crippen MR) is 107 cm³/mol. The molecule has 0 amide bonds. The third-order valence-electron chi connectivity index (χ3n) is 4.89. The molecule has 4 rings (SSSR count). The number of imidazole rings is 1. The molecule has 6 nitrogen and oxygen atoms in total. The fraction of sp³-hybridized carbons (Fsp3) is 0.263. The molecule has 0 spiro atoms. The van der Waals surface area contributed by atoms with Crippen molar-refractivity contribution in [3.8, 4) is 5.75 Å². The van der Waals surface area contributed by atoms with Gasteiger partial charge in [-0.1, -0.05) is 24.3 Å². The van der Waals surface area contributed by atoms with Gasteiger partial charge in [0.2, 0.25) is 0 Å². The highest BCUT2D eigenvalue weighted by atomic mass is 32.1. The zero-order valence-corrected chi connectivity index (χ0v) is 15.0. The van der Waals surface area contributed by atoms with Gasteiger partial charge in [0.05, 0.1) is 16.7 Å². The number of anilines is 1. The molecular formula is C19H20N4O2S. The van der Waals surface area contributed by atoms with E-state index in [0.717, 1.165) is 37.0 Å². The van der Waals surface area contributed by atoms with Crippen molar-refractivity contribution >= 4 is 34.1 Å². The molecule has 1 saturated heterocycles. The molecular weight excluding hydrogens is 348 g/mol. The summed E-state index contributed by atoms with van der Waals surface area (Å²) in [6, 6.07) is 15.0. The third-order valence-corrected chi connectivity index (χ3v) is 5.25. The Kier molecular flexibility index (Phi) is 4.38. The normalized spacial score (nSPS) is 15.3. The van der Waals surface area contributed by atoms with E-state index in [9.17, 15) is 9.90 Å². The maximum Gasteiger partial charge on any atom is 0.326 e. The molecule has 1 fully saturated rings. The zero-order valence-electron chi connectivity index (χ0n) is 14.2. The van der Waals surface area contributed by atoms with E-state index >= 15 is 0 Å². The van der Waals surface area contributed by atoms with E-state index in [1.54, 1.807) is 18.2 Å². The molecule has 2 aromatic carbocycles. The number of hydrogen-bond donors (Lipinski definition) is 3. The van der Waals surface area contributed by atoms with Crippen molar-refractivity contribution in [2.24, 2.45) is 0 Å². The number of fused-ring (bicyclic) bond motifs is 1. The average Bonchev–Trinajstić information content (AvgIpc) is 2.99. The van der Waals surface area contributed by atoms with Gasteiger partial charge in [-0.3, -0.25) is 4.57 Å². The molecule has 2 heterocycles. The molecule has 3 aromatic rings. The number of phenolic OH excluding ortho intramolecular Hbond substituents is 1. The second-order valence-electron chi connectivity index (χ2n) is 6.48. The van der Waals surface area contributed by atoms with Gasteiger partial charge in [-0.2, -0.15) is 0 Å². The molecule has 7 heteroatoms. The van der Waals surface area contributed by atoms with Gasteiger partial charge in [0, 0.05) is 19.1 Å². The largest absolute Gasteiger partial charge is 0.506 e. The van der Waals surface area contributed by atoms with E-state index in [4.69, 9.17) is 12.2 Å². The Morgan fingerprint density at radius 3 is 2.58 bits per heavy atom. The maximum atomic E-state index is 12.4. The lowest BCUT2D eigenvalue weighted by Gasteiger charge is -2.34. The predicted octanol–water partition coefficient (Wildman–Crippen LogP) is 3.07. The first-order valence-corrected chi connectivity index (χ1v) is 9.07. The second-order valence-corrected chi connectivity index (χ2v) is 6.87. The van der Waals surface area contributed by atoms with E-state index in [2.05, 4.69) is 15.2 Å². The monoisotopic (exact) mass is 368 g/mol. The Bertz CT molecular complexity index is 1000. The molecule has 1 aromatic heterocycles. The van der Waals surface area contributed by atoms with Crippen molar-refractivity contribution in [1.82, 2.24) is 14.5 Å². The minimum absolute atomic E-state index is 0.0560. The van der Waals surface area contributed by atoms with Gasteiger partial charge >= 0.3 is 5.69 Å². The molecule has 0 bridgehead atoms. The van der Waals surface area contributed by atoms with E-state index < -0.39 is 0 Å². The number of piperidine rings is 1. The van der Waals surface area contributed by atoms with Crippen LogP contribution in [0.3, 0.4) is 0 Å². The van der Waals surface area contributed by atoms with Crippen LogP contribution in [-0.2, 0) is 0 Å². The molecule has 0 radical (unpaired) electrons. The lowest BCUT2D eigenvalue weighted by Crippen LogP contribution is -2.42. The first kappa shape index (κ1) is 16.7. The van der Waals surface area contributed by atoms with Crippen LogP contribution in [0, 0.1) is 0 Å². The Morgan fingerprint density at radius 2 is 1.81 bits per heavy atom. The highest BCUT2D eigenvalue weighted by Crippen LogP contribution is 2.26. The Hall–Kier alpha value is -2.80. The summed E-state index contributed by atoms with van der Waals surface area (Å²) in [4.78, 5) is 17.4. The van der Waals surface area contributed by atoms with Gasteiger partial charge in [-0.15, -0.1) is 0 Å². The maximum absolute atomic E-state index is 12.4. The van der Waals surface area contributed by atoms with Crippen LogP contribution < -0.4 is 11.0 Å². The minimum Gasteiger partial charge on any atom is -0.506 e. The van der Waals surface area contributed by atoms with Gasteiger partial charge in [0.15, 0.2) is 5.11 Å². The van der Waals surface area contributed by atoms with Crippen LogP contribution in [-0.4, -0.2) is 37.8 Å². The SMILES string of the molecule is O=c1[nH]c2ccccc2n1C1CCN(C(=S)Nc2ccccc2O)CC1. The Balaban J connectivity index is 1.45. The number of likely N-dealkylation sites (tertiary alicyclic amines) is 1. The number of hydrogen-bond acceptors (Lipinski definition) is 3. The number of aromatic nitrogens is 2. The number of thiocarbonyl (C=S) groups is 1. The van der Waals surface area contributed by atoms with Crippen molar-refractivity contribution in [3.05, 3.63) is 59.0 Å². The topological polar surface area (TPSA) is 73.3 Å². The van der Waals surface area contributed by atoms with E-state index in [1.807, 2.05) is 34.9 Å². The lowest BCUT2D eigenvalue weighted by molar-refractivity contribution is 0.269. The fourth-order valence-electron chi connectivity index (χ4n) is 3.54. The van der Waals surface area contributed by atoms with Gasteiger partial charge in [0.25, 0.3) is 0 Å². The highest BCUT2D eigenvalue weighted by Gasteiger charge is 2.24. The summed E-state index contributed by atoms with van der Waals surface area (Å²) in [7, 11) is 0. The van der Waals surface area contributed by atoms with Crippen LogP contribution in [0.15, 0.2) is 53.3 Å². The molecule has 0 atom stereocenters. The Morgan fingerprint density at radius 1 is 1.12 bits per heavy atom. The average molecular weight is 368 g/mol. The molecule has 0 saturated carbocycles. The number of benzene rings is 2. The second kappa shape index (κ2) is 6.84. The van der Waals surface area contributed by atoms with Crippen LogP contribution in [0.25, 0.3) is 11.0 Å². The quantitative estimate of drug-likeness (QED) is 0.479. The third kappa shape index (κ3) is 3.06. The van der Waals surface area contributed by atoms with Gasteiger partial charge in [-0.25, -0.2) is 4.79 Å².